The summed E-state index contributed by atoms with van der Waals surface area (Å²) in [6.45, 7) is 9.30. The molecule has 1 fully saturated rings. The molecule has 11 heteroatoms. The van der Waals surface area contributed by atoms with E-state index in [0.29, 0.717) is 55.7 Å². The van der Waals surface area contributed by atoms with Gasteiger partial charge in [0.05, 0.1) is 61.5 Å². The fourth-order valence-electron chi connectivity index (χ4n) is 5.76. The fourth-order valence-corrected chi connectivity index (χ4v) is 7.13. The largest absolute Gasteiger partial charge is 0.593 e. The number of aliphatic carboxylic acids is 1. The molecule has 10 nitrogen and oxygen atoms in total. The number of pyridine rings is 1. The van der Waals surface area contributed by atoms with Gasteiger partial charge in [0.1, 0.15) is 0 Å². The van der Waals surface area contributed by atoms with Gasteiger partial charge in [0.15, 0.2) is 5.82 Å². The first-order valence-corrected chi connectivity index (χ1v) is 15.0. The zero-order valence-corrected chi connectivity index (χ0v) is 24.6. The summed E-state index contributed by atoms with van der Waals surface area (Å²) in [4.78, 5) is 19.5. The minimum atomic E-state index is -1.43. The van der Waals surface area contributed by atoms with Crippen LogP contribution in [0, 0.1) is 13.8 Å². The fraction of sp³-hybridized carbons (Fsp3) is 0.400. The summed E-state index contributed by atoms with van der Waals surface area (Å²) in [5, 5.41) is 11.5. The maximum atomic E-state index is 13.9. The van der Waals surface area contributed by atoms with Crippen molar-refractivity contribution in [3.8, 4) is 0 Å². The normalized spacial score (nSPS) is 19.7. The summed E-state index contributed by atoms with van der Waals surface area (Å²) in [7, 11) is 0. The van der Waals surface area contributed by atoms with Gasteiger partial charge in [0.2, 0.25) is 4.90 Å². The molecule has 0 bridgehead atoms. The number of carboxylic acid groups (broad SMARTS) is 1. The smallest absolute Gasteiger partial charge is 0.304 e. The van der Waals surface area contributed by atoms with Gasteiger partial charge in [-0.1, -0.05) is 24.3 Å². The Labute approximate surface area is 244 Å². The van der Waals surface area contributed by atoms with E-state index in [9.17, 15) is 14.5 Å². The number of nitrogen functional groups attached to an aromatic ring is 1. The van der Waals surface area contributed by atoms with Gasteiger partial charge in [-0.25, -0.2) is 10.8 Å². The first kappa shape index (κ1) is 29.2. The molecule has 5 N–H and O–H groups in total. The quantitative estimate of drug-likeness (QED) is 0.158. The van der Waals surface area contributed by atoms with Gasteiger partial charge in [-0.15, -0.1) is 4.31 Å². The van der Waals surface area contributed by atoms with Gasteiger partial charge in [-0.2, -0.15) is 0 Å². The second-order valence-electron chi connectivity index (χ2n) is 10.7. The SMILES string of the molecule is CCN(N)c1ccc([C@@H](CC(=O)O)c2ccc(C)c(CN3CC4COCCN4c4ncccc4[S+]3[O-])c2)c(C)c1N. The van der Waals surface area contributed by atoms with Crippen molar-refractivity contribution in [2.24, 2.45) is 5.84 Å². The van der Waals surface area contributed by atoms with E-state index in [1.807, 2.05) is 61.5 Å². The molecule has 2 unspecified atom stereocenters. The van der Waals surface area contributed by atoms with Gasteiger partial charge >= 0.3 is 5.97 Å². The summed E-state index contributed by atoms with van der Waals surface area (Å²) < 4.78 is 21.7. The zero-order chi connectivity index (χ0) is 29.3. The van der Waals surface area contributed by atoms with Crippen LogP contribution in [-0.2, 0) is 27.4 Å². The van der Waals surface area contributed by atoms with Gasteiger partial charge in [-0.05, 0) is 60.7 Å². The molecule has 41 heavy (non-hydrogen) atoms. The van der Waals surface area contributed by atoms with Crippen LogP contribution in [0.15, 0.2) is 53.6 Å². The maximum Gasteiger partial charge on any atom is 0.304 e. The first-order valence-electron chi connectivity index (χ1n) is 13.9. The molecule has 3 aromatic rings. The van der Waals surface area contributed by atoms with Crippen LogP contribution in [0.5, 0.6) is 0 Å². The van der Waals surface area contributed by atoms with Crippen molar-refractivity contribution in [3.63, 3.8) is 0 Å². The summed E-state index contributed by atoms with van der Waals surface area (Å²) in [5.41, 5.74) is 12.3. The molecule has 0 aliphatic carbocycles. The van der Waals surface area contributed by atoms with E-state index < -0.39 is 23.2 Å². The maximum absolute atomic E-state index is 13.9. The Morgan fingerprint density at radius 2 is 2.10 bits per heavy atom. The number of hydrogen-bond acceptors (Lipinski definition) is 9. The van der Waals surface area contributed by atoms with E-state index >= 15 is 0 Å². The Bertz CT molecular complexity index is 1420. The van der Waals surface area contributed by atoms with E-state index in [4.69, 9.17) is 16.3 Å². The Hall–Kier alpha value is -3.35. The van der Waals surface area contributed by atoms with Crippen LogP contribution in [-0.4, -0.2) is 63.8 Å². The number of aromatic nitrogens is 1. The molecule has 218 valence electrons. The van der Waals surface area contributed by atoms with Crippen LogP contribution in [0.25, 0.3) is 0 Å². The highest BCUT2D eigenvalue weighted by molar-refractivity contribution is 7.89. The Balaban J connectivity index is 1.50. The van der Waals surface area contributed by atoms with Crippen molar-refractivity contribution >= 4 is 34.5 Å². The zero-order valence-electron chi connectivity index (χ0n) is 23.7. The lowest BCUT2D eigenvalue weighted by atomic mass is 9.84. The van der Waals surface area contributed by atoms with E-state index in [0.717, 1.165) is 33.6 Å². The van der Waals surface area contributed by atoms with Gasteiger partial charge in [-0.3, -0.25) is 4.79 Å². The number of carboxylic acids is 1. The number of nitrogens with zero attached hydrogens (tertiary/aromatic N) is 4. The molecule has 2 aliphatic heterocycles. The molecule has 3 atom stereocenters. The van der Waals surface area contributed by atoms with Gasteiger partial charge in [0, 0.05) is 31.3 Å². The van der Waals surface area contributed by atoms with Gasteiger partial charge in [0.25, 0.3) is 0 Å². The Morgan fingerprint density at radius 1 is 1.29 bits per heavy atom. The molecule has 2 aromatic carbocycles. The average molecular weight is 579 g/mol. The number of benzene rings is 2. The second kappa shape index (κ2) is 12.3. The highest BCUT2D eigenvalue weighted by atomic mass is 32.2. The van der Waals surface area contributed by atoms with E-state index in [1.165, 1.54) is 0 Å². The van der Waals surface area contributed by atoms with Crippen molar-refractivity contribution in [1.29, 1.82) is 0 Å². The predicted octanol–water partition coefficient (Wildman–Crippen LogP) is 3.33. The second-order valence-corrected chi connectivity index (χ2v) is 12.1. The number of aryl methyl sites for hydroxylation is 1. The van der Waals surface area contributed by atoms with Crippen molar-refractivity contribution in [2.45, 2.75) is 50.6 Å². The molecular formula is C30H38N6O4S. The minimum absolute atomic E-state index is 0.0291. The Morgan fingerprint density at radius 3 is 2.85 bits per heavy atom. The van der Waals surface area contributed by atoms with E-state index in [1.54, 1.807) is 11.2 Å². The average Bonchev–Trinajstić information content (AvgIpc) is 3.08. The number of hydrogen-bond donors (Lipinski definition) is 3. The molecule has 0 radical (unpaired) electrons. The van der Waals surface area contributed by atoms with Crippen molar-refractivity contribution in [3.05, 3.63) is 76.5 Å². The van der Waals surface area contributed by atoms with Crippen LogP contribution >= 0.6 is 0 Å². The number of fused-ring (bicyclic) bond motifs is 3. The number of nitrogens with two attached hydrogens (primary N) is 2. The monoisotopic (exact) mass is 578 g/mol. The number of anilines is 3. The van der Waals surface area contributed by atoms with Crippen LogP contribution < -0.4 is 21.5 Å². The lowest BCUT2D eigenvalue weighted by Crippen LogP contribution is -2.50. The molecule has 1 saturated heterocycles. The number of hydrazine groups is 1. The molecule has 3 heterocycles. The van der Waals surface area contributed by atoms with Crippen LogP contribution in [0.2, 0.25) is 0 Å². The molecule has 5 rings (SSSR count). The molecular weight excluding hydrogens is 540 g/mol. The first-order chi connectivity index (χ1) is 19.7. The Kier molecular flexibility index (Phi) is 8.71. The summed E-state index contributed by atoms with van der Waals surface area (Å²) in [6.07, 6.45) is 1.65. The lowest BCUT2D eigenvalue weighted by Gasteiger charge is -2.35. The van der Waals surface area contributed by atoms with Crippen LogP contribution in [0.3, 0.4) is 0 Å². The predicted molar refractivity (Wildman–Crippen MR) is 161 cm³/mol. The third kappa shape index (κ3) is 5.86. The van der Waals surface area contributed by atoms with E-state index in [-0.39, 0.29) is 12.5 Å². The van der Waals surface area contributed by atoms with Crippen molar-refractivity contribution in [2.75, 3.05) is 48.5 Å². The molecule has 0 saturated carbocycles. The standard InChI is InChI=1S/C30H38N6O4S/c1-4-36(32)26-10-9-24(20(3)29(26)31)25(15-28(37)38)21-8-7-19(2)22(14-21)16-34-17-23-18-40-13-12-35(23)30-27(41(34)39)6-5-11-33-30/h5-11,14,23,25H,4,12-13,15-18,31-32H2,1-3H3,(H,37,38)/t23?,25-,41?/m0/s1. The van der Waals surface area contributed by atoms with Crippen molar-refractivity contribution in [1.82, 2.24) is 9.29 Å². The number of carbonyl (C=O) groups is 1. The summed E-state index contributed by atoms with van der Waals surface area (Å²) >= 11 is -1.43. The molecule has 0 amide bonds. The minimum Gasteiger partial charge on any atom is -0.593 e. The van der Waals surface area contributed by atoms with Crippen LogP contribution in [0.4, 0.5) is 17.2 Å². The lowest BCUT2D eigenvalue weighted by molar-refractivity contribution is -0.137. The third-order valence-electron chi connectivity index (χ3n) is 8.15. The molecule has 2 aliphatic rings. The summed E-state index contributed by atoms with van der Waals surface area (Å²) in [6, 6.07) is 13.6. The molecule has 0 spiro atoms. The topological polar surface area (TPSA) is 144 Å². The third-order valence-corrected chi connectivity index (χ3v) is 9.59. The van der Waals surface area contributed by atoms with Gasteiger partial charge < -0.3 is 30.0 Å². The summed E-state index contributed by atoms with van der Waals surface area (Å²) in [5.74, 6) is 5.55. The van der Waals surface area contributed by atoms with Crippen molar-refractivity contribution < 1.29 is 19.2 Å². The number of ether oxygens (including phenoxy) is 1. The number of rotatable bonds is 8. The highest BCUT2D eigenvalue weighted by Gasteiger charge is 2.39. The van der Waals surface area contributed by atoms with E-state index in [2.05, 4.69) is 16.0 Å². The highest BCUT2D eigenvalue weighted by Crippen LogP contribution is 2.38. The molecule has 1 aromatic heterocycles. The van der Waals surface area contributed by atoms with Crippen LogP contribution in [0.1, 0.15) is 47.1 Å². The number of morpholine rings is 1.